The van der Waals surface area contributed by atoms with E-state index in [1.807, 2.05) is 51.1 Å². The summed E-state index contributed by atoms with van der Waals surface area (Å²) in [7, 11) is 0. The minimum Gasteiger partial charge on any atom is -0.395 e. The van der Waals surface area contributed by atoms with E-state index in [1.165, 1.54) is 0 Å². The van der Waals surface area contributed by atoms with Gasteiger partial charge in [0.15, 0.2) is 0 Å². The lowest BCUT2D eigenvalue weighted by Crippen LogP contribution is -2.39. The van der Waals surface area contributed by atoms with Crippen LogP contribution in [-0.2, 0) is 16.1 Å². The zero-order valence-electron chi connectivity index (χ0n) is 13.6. The molecular weight excluding hydrogens is 280 g/mol. The summed E-state index contributed by atoms with van der Waals surface area (Å²) in [6, 6.07) is 9.64. The van der Waals surface area contributed by atoms with Crippen molar-refractivity contribution in [1.82, 2.24) is 10.2 Å². The Kier molecular flexibility index (Phi) is 7.05. The zero-order valence-corrected chi connectivity index (χ0v) is 13.6. The average Bonchev–Trinajstić information content (AvgIpc) is 2.46. The molecule has 0 bridgehead atoms. The first kappa shape index (κ1) is 18.2. The van der Waals surface area contributed by atoms with Crippen molar-refractivity contribution in [3.05, 3.63) is 35.9 Å². The predicted octanol–water partition coefficient (Wildman–Crippen LogP) is 1.56. The minimum absolute atomic E-state index is 0.0722. The van der Waals surface area contributed by atoms with Crippen molar-refractivity contribution in [3.63, 3.8) is 0 Å². The van der Waals surface area contributed by atoms with E-state index < -0.39 is 5.41 Å². The first-order valence-electron chi connectivity index (χ1n) is 7.55. The predicted molar refractivity (Wildman–Crippen MR) is 86.0 cm³/mol. The highest BCUT2D eigenvalue weighted by Crippen LogP contribution is 2.12. The van der Waals surface area contributed by atoms with E-state index in [4.69, 9.17) is 5.11 Å². The van der Waals surface area contributed by atoms with Gasteiger partial charge in [-0.25, -0.2) is 0 Å². The molecule has 0 unspecified atom stereocenters. The number of aliphatic hydroxyl groups excluding tert-OH is 1. The second-order valence-corrected chi connectivity index (χ2v) is 6.28. The highest BCUT2D eigenvalue weighted by Gasteiger charge is 2.21. The highest BCUT2D eigenvalue weighted by atomic mass is 16.3. The third kappa shape index (κ3) is 6.26. The van der Waals surface area contributed by atoms with Crippen LogP contribution in [-0.4, -0.2) is 41.5 Å². The average molecular weight is 306 g/mol. The fourth-order valence-electron chi connectivity index (χ4n) is 1.92. The molecule has 22 heavy (non-hydrogen) atoms. The SMILES string of the molecule is CC(C)(C)C(=O)NCCC(=O)N(CCO)Cc1ccccc1. The van der Waals surface area contributed by atoms with Gasteiger partial charge in [-0.15, -0.1) is 0 Å². The molecule has 1 aromatic carbocycles. The number of amides is 2. The summed E-state index contributed by atoms with van der Waals surface area (Å²) in [4.78, 5) is 25.6. The van der Waals surface area contributed by atoms with Gasteiger partial charge in [0, 0.05) is 31.5 Å². The summed E-state index contributed by atoms with van der Waals surface area (Å²) in [5, 5.41) is 11.9. The standard InChI is InChI=1S/C17H26N2O3/c1-17(2,3)16(22)18-10-9-15(21)19(11-12-20)13-14-7-5-4-6-8-14/h4-8,20H,9-13H2,1-3H3,(H,18,22). The number of carbonyl (C=O) groups is 2. The number of hydrogen-bond acceptors (Lipinski definition) is 3. The Balaban J connectivity index is 2.50. The molecule has 0 saturated carbocycles. The molecule has 0 spiro atoms. The zero-order chi connectivity index (χ0) is 16.6. The Labute approximate surface area is 132 Å². The largest absolute Gasteiger partial charge is 0.395 e. The maximum Gasteiger partial charge on any atom is 0.225 e. The van der Waals surface area contributed by atoms with Gasteiger partial charge in [-0.2, -0.15) is 0 Å². The number of rotatable bonds is 7. The second-order valence-electron chi connectivity index (χ2n) is 6.28. The molecule has 5 nitrogen and oxygen atoms in total. The van der Waals surface area contributed by atoms with Crippen LogP contribution in [0.5, 0.6) is 0 Å². The summed E-state index contributed by atoms with van der Waals surface area (Å²) < 4.78 is 0. The van der Waals surface area contributed by atoms with Crippen LogP contribution in [0.15, 0.2) is 30.3 Å². The van der Waals surface area contributed by atoms with E-state index in [1.54, 1.807) is 4.90 Å². The number of benzene rings is 1. The first-order chi connectivity index (χ1) is 10.3. The quantitative estimate of drug-likeness (QED) is 0.803. The van der Waals surface area contributed by atoms with Gasteiger partial charge in [0.2, 0.25) is 11.8 Å². The van der Waals surface area contributed by atoms with E-state index >= 15 is 0 Å². The van der Waals surface area contributed by atoms with Crippen molar-refractivity contribution in [3.8, 4) is 0 Å². The van der Waals surface area contributed by atoms with Crippen molar-refractivity contribution in [2.24, 2.45) is 5.41 Å². The van der Waals surface area contributed by atoms with Crippen LogP contribution in [0.25, 0.3) is 0 Å². The maximum absolute atomic E-state index is 12.2. The fourth-order valence-corrected chi connectivity index (χ4v) is 1.92. The van der Waals surface area contributed by atoms with Gasteiger partial charge in [-0.3, -0.25) is 9.59 Å². The molecule has 2 N–H and O–H groups in total. The third-order valence-corrected chi connectivity index (χ3v) is 3.24. The normalized spacial score (nSPS) is 11.1. The summed E-state index contributed by atoms with van der Waals surface area (Å²) in [6.45, 7) is 6.49. The molecule has 0 aliphatic heterocycles. The van der Waals surface area contributed by atoms with Crippen LogP contribution < -0.4 is 5.32 Å². The van der Waals surface area contributed by atoms with Crippen molar-refractivity contribution < 1.29 is 14.7 Å². The third-order valence-electron chi connectivity index (χ3n) is 3.24. The second kappa shape index (κ2) is 8.54. The van der Waals surface area contributed by atoms with Gasteiger partial charge in [-0.1, -0.05) is 51.1 Å². The molecule has 0 aliphatic carbocycles. The van der Waals surface area contributed by atoms with Crippen LogP contribution in [0.1, 0.15) is 32.8 Å². The molecule has 0 heterocycles. The molecule has 2 amide bonds. The molecule has 0 fully saturated rings. The molecule has 1 aromatic rings. The van der Waals surface area contributed by atoms with Crippen LogP contribution >= 0.6 is 0 Å². The van der Waals surface area contributed by atoms with E-state index in [2.05, 4.69) is 5.32 Å². The molecule has 1 rings (SSSR count). The summed E-state index contributed by atoms with van der Waals surface area (Å²) >= 11 is 0. The van der Waals surface area contributed by atoms with E-state index in [-0.39, 0.29) is 24.8 Å². The molecule has 5 heteroatoms. The van der Waals surface area contributed by atoms with Crippen molar-refractivity contribution in [2.45, 2.75) is 33.7 Å². The van der Waals surface area contributed by atoms with Crippen LogP contribution in [0.3, 0.4) is 0 Å². The summed E-state index contributed by atoms with van der Waals surface area (Å²) in [5.41, 5.74) is 0.556. The molecule has 0 atom stereocenters. The van der Waals surface area contributed by atoms with Crippen molar-refractivity contribution in [2.75, 3.05) is 19.7 Å². The van der Waals surface area contributed by atoms with E-state index in [0.717, 1.165) is 5.56 Å². The maximum atomic E-state index is 12.2. The fraction of sp³-hybridized carbons (Fsp3) is 0.529. The van der Waals surface area contributed by atoms with Gasteiger partial charge >= 0.3 is 0 Å². The first-order valence-corrected chi connectivity index (χ1v) is 7.55. The highest BCUT2D eigenvalue weighted by molar-refractivity contribution is 5.82. The van der Waals surface area contributed by atoms with Crippen molar-refractivity contribution >= 4 is 11.8 Å². The van der Waals surface area contributed by atoms with Gasteiger partial charge < -0.3 is 15.3 Å². The van der Waals surface area contributed by atoms with Crippen molar-refractivity contribution in [1.29, 1.82) is 0 Å². The molecule has 0 aromatic heterocycles. The van der Waals surface area contributed by atoms with Gasteiger partial charge in [0.25, 0.3) is 0 Å². The van der Waals surface area contributed by atoms with Gasteiger partial charge in [0.1, 0.15) is 0 Å². The molecule has 0 saturated heterocycles. The van der Waals surface area contributed by atoms with Crippen LogP contribution in [0.2, 0.25) is 0 Å². The summed E-state index contributed by atoms with van der Waals surface area (Å²) in [6.07, 6.45) is 0.231. The molecule has 0 radical (unpaired) electrons. The van der Waals surface area contributed by atoms with Gasteiger partial charge in [0.05, 0.1) is 6.61 Å². The Bertz CT molecular complexity index is 480. The Morgan fingerprint density at radius 1 is 1.18 bits per heavy atom. The van der Waals surface area contributed by atoms with Crippen LogP contribution in [0, 0.1) is 5.41 Å². The smallest absolute Gasteiger partial charge is 0.225 e. The number of aliphatic hydroxyl groups is 1. The number of carbonyl (C=O) groups excluding carboxylic acids is 2. The lowest BCUT2D eigenvalue weighted by Gasteiger charge is -2.23. The molecule has 122 valence electrons. The summed E-state index contributed by atoms with van der Waals surface area (Å²) in [5.74, 6) is -0.149. The Morgan fingerprint density at radius 2 is 1.82 bits per heavy atom. The Hall–Kier alpha value is -1.88. The van der Waals surface area contributed by atoms with Crippen LogP contribution in [0.4, 0.5) is 0 Å². The molecular formula is C17H26N2O3. The number of hydrogen-bond donors (Lipinski definition) is 2. The van der Waals surface area contributed by atoms with E-state index in [9.17, 15) is 9.59 Å². The topological polar surface area (TPSA) is 69.6 Å². The monoisotopic (exact) mass is 306 g/mol. The minimum atomic E-state index is -0.460. The lowest BCUT2D eigenvalue weighted by atomic mass is 9.96. The number of nitrogens with one attached hydrogen (secondary N) is 1. The lowest BCUT2D eigenvalue weighted by molar-refractivity contribution is -0.132. The number of nitrogens with zero attached hydrogens (tertiary/aromatic N) is 1. The Morgan fingerprint density at radius 3 is 2.36 bits per heavy atom. The van der Waals surface area contributed by atoms with Gasteiger partial charge in [-0.05, 0) is 5.56 Å². The van der Waals surface area contributed by atoms with E-state index in [0.29, 0.717) is 19.6 Å². The molecule has 0 aliphatic rings.